The lowest BCUT2D eigenvalue weighted by Crippen LogP contribution is -2.18. The van der Waals surface area contributed by atoms with E-state index in [1.807, 2.05) is 0 Å². The quantitative estimate of drug-likeness (QED) is 0.926. The SMILES string of the molecule is O=C(CC1CCCCC1)Nc1nc2c(s1)C(=O)CCC2. The predicted octanol–water partition coefficient (Wildman–Crippen LogP) is 3.57. The molecule has 1 fully saturated rings. The summed E-state index contributed by atoms with van der Waals surface area (Å²) in [7, 11) is 0. The molecule has 0 saturated heterocycles. The lowest BCUT2D eigenvalue weighted by Gasteiger charge is -2.20. The van der Waals surface area contributed by atoms with E-state index in [0.717, 1.165) is 23.4 Å². The Morgan fingerprint density at radius 1 is 1.20 bits per heavy atom. The van der Waals surface area contributed by atoms with Gasteiger partial charge in [-0.2, -0.15) is 0 Å². The number of amides is 1. The maximum absolute atomic E-state index is 12.0. The first-order chi connectivity index (χ1) is 9.72. The number of aryl methyl sites for hydroxylation is 1. The van der Waals surface area contributed by atoms with Crippen LogP contribution in [-0.4, -0.2) is 16.7 Å². The van der Waals surface area contributed by atoms with Crippen LogP contribution in [0.5, 0.6) is 0 Å². The maximum atomic E-state index is 12.0. The number of nitrogens with zero attached hydrogens (tertiary/aromatic N) is 1. The summed E-state index contributed by atoms with van der Waals surface area (Å²) in [6.07, 6.45) is 9.08. The van der Waals surface area contributed by atoms with Crippen LogP contribution in [0.3, 0.4) is 0 Å². The van der Waals surface area contributed by atoms with E-state index >= 15 is 0 Å². The second-order valence-electron chi connectivity index (χ2n) is 5.83. The van der Waals surface area contributed by atoms with Gasteiger partial charge in [0.25, 0.3) is 0 Å². The number of anilines is 1. The van der Waals surface area contributed by atoms with E-state index in [2.05, 4.69) is 10.3 Å². The van der Waals surface area contributed by atoms with Crippen LogP contribution in [-0.2, 0) is 11.2 Å². The summed E-state index contributed by atoms with van der Waals surface area (Å²) in [6.45, 7) is 0. The number of fused-ring (bicyclic) bond motifs is 1. The molecule has 1 saturated carbocycles. The Kier molecular flexibility index (Phi) is 4.15. The third kappa shape index (κ3) is 3.08. The summed E-state index contributed by atoms with van der Waals surface area (Å²) < 4.78 is 0. The minimum atomic E-state index is 0.0513. The van der Waals surface area contributed by atoms with Crippen molar-refractivity contribution < 1.29 is 9.59 Å². The monoisotopic (exact) mass is 292 g/mol. The van der Waals surface area contributed by atoms with Crippen LogP contribution >= 0.6 is 11.3 Å². The lowest BCUT2D eigenvalue weighted by molar-refractivity contribution is -0.117. The highest BCUT2D eigenvalue weighted by Crippen LogP contribution is 2.30. The minimum absolute atomic E-state index is 0.0513. The first-order valence-electron chi connectivity index (χ1n) is 7.55. The average Bonchev–Trinajstić information content (AvgIpc) is 2.83. The zero-order chi connectivity index (χ0) is 13.9. The number of carbonyl (C=O) groups excluding carboxylic acids is 2. The topological polar surface area (TPSA) is 59.1 Å². The number of ketones is 1. The smallest absolute Gasteiger partial charge is 0.226 e. The number of rotatable bonds is 3. The summed E-state index contributed by atoms with van der Waals surface area (Å²) >= 11 is 1.34. The van der Waals surface area contributed by atoms with E-state index in [1.165, 1.54) is 43.4 Å². The highest BCUT2D eigenvalue weighted by molar-refractivity contribution is 7.17. The number of aromatic nitrogens is 1. The molecule has 1 heterocycles. The molecule has 0 spiro atoms. The summed E-state index contributed by atoms with van der Waals surface area (Å²) in [6, 6.07) is 0. The Morgan fingerprint density at radius 2 is 2.00 bits per heavy atom. The summed E-state index contributed by atoms with van der Waals surface area (Å²) in [5, 5.41) is 3.49. The van der Waals surface area contributed by atoms with Gasteiger partial charge in [0.15, 0.2) is 10.9 Å². The molecule has 4 nitrogen and oxygen atoms in total. The van der Waals surface area contributed by atoms with Crippen molar-refractivity contribution in [3.05, 3.63) is 10.6 Å². The van der Waals surface area contributed by atoms with Gasteiger partial charge in [-0.3, -0.25) is 9.59 Å². The van der Waals surface area contributed by atoms with Gasteiger partial charge in [0.1, 0.15) is 0 Å². The molecular weight excluding hydrogens is 272 g/mol. The Morgan fingerprint density at radius 3 is 2.75 bits per heavy atom. The van der Waals surface area contributed by atoms with Crippen LogP contribution < -0.4 is 5.32 Å². The van der Waals surface area contributed by atoms with Gasteiger partial charge < -0.3 is 5.32 Å². The first-order valence-corrected chi connectivity index (χ1v) is 8.37. The Labute approximate surface area is 123 Å². The summed E-state index contributed by atoms with van der Waals surface area (Å²) in [5.74, 6) is 0.756. The molecule has 2 aliphatic carbocycles. The van der Waals surface area contributed by atoms with Gasteiger partial charge in [0, 0.05) is 12.8 Å². The van der Waals surface area contributed by atoms with Crippen molar-refractivity contribution in [2.45, 2.75) is 57.8 Å². The molecular formula is C15H20N2O2S. The van der Waals surface area contributed by atoms with Crippen molar-refractivity contribution in [1.82, 2.24) is 4.98 Å². The van der Waals surface area contributed by atoms with Crippen molar-refractivity contribution in [2.75, 3.05) is 5.32 Å². The van der Waals surface area contributed by atoms with E-state index in [4.69, 9.17) is 0 Å². The second kappa shape index (κ2) is 6.04. The molecule has 0 aromatic carbocycles. The number of hydrogen-bond donors (Lipinski definition) is 1. The van der Waals surface area contributed by atoms with Gasteiger partial charge in [-0.15, -0.1) is 0 Å². The van der Waals surface area contributed by atoms with Gasteiger partial charge in [0.05, 0.1) is 10.6 Å². The van der Waals surface area contributed by atoms with Gasteiger partial charge >= 0.3 is 0 Å². The van der Waals surface area contributed by atoms with Crippen LogP contribution in [0.4, 0.5) is 5.13 Å². The number of nitrogens with one attached hydrogen (secondary N) is 1. The van der Waals surface area contributed by atoms with Gasteiger partial charge in [-0.25, -0.2) is 4.98 Å². The van der Waals surface area contributed by atoms with Crippen LogP contribution in [0.2, 0.25) is 0 Å². The van der Waals surface area contributed by atoms with E-state index in [9.17, 15) is 9.59 Å². The Hall–Kier alpha value is -1.23. The molecule has 0 atom stereocenters. The van der Waals surface area contributed by atoms with Crippen molar-refractivity contribution in [3.8, 4) is 0 Å². The number of thiazole rings is 1. The van der Waals surface area contributed by atoms with E-state index < -0.39 is 0 Å². The molecule has 0 radical (unpaired) electrons. The van der Waals surface area contributed by atoms with Crippen LogP contribution in [0.25, 0.3) is 0 Å². The number of Topliss-reactive ketones (excluding diaryl/α,β-unsaturated/α-hetero) is 1. The van der Waals surface area contributed by atoms with Crippen LogP contribution in [0.15, 0.2) is 0 Å². The van der Waals surface area contributed by atoms with E-state index in [1.54, 1.807) is 0 Å². The Bertz CT molecular complexity index is 518. The van der Waals surface area contributed by atoms with Gasteiger partial charge in [0.2, 0.25) is 5.91 Å². The molecule has 0 bridgehead atoms. The summed E-state index contributed by atoms with van der Waals surface area (Å²) in [5.41, 5.74) is 0.874. The van der Waals surface area contributed by atoms with Crippen molar-refractivity contribution >= 4 is 28.2 Å². The number of hydrogen-bond acceptors (Lipinski definition) is 4. The van der Waals surface area contributed by atoms with E-state index in [0.29, 0.717) is 23.9 Å². The third-order valence-corrected chi connectivity index (χ3v) is 5.27. The zero-order valence-electron chi connectivity index (χ0n) is 11.6. The predicted molar refractivity (Wildman–Crippen MR) is 79.2 cm³/mol. The molecule has 2 aliphatic rings. The molecule has 108 valence electrons. The highest BCUT2D eigenvalue weighted by atomic mass is 32.1. The van der Waals surface area contributed by atoms with Gasteiger partial charge in [-0.05, 0) is 31.6 Å². The van der Waals surface area contributed by atoms with Crippen LogP contribution in [0, 0.1) is 5.92 Å². The summed E-state index contributed by atoms with van der Waals surface area (Å²) in [4.78, 5) is 29.0. The fraction of sp³-hybridized carbons (Fsp3) is 0.667. The largest absolute Gasteiger partial charge is 0.302 e. The molecule has 1 aromatic heterocycles. The van der Waals surface area contributed by atoms with Crippen molar-refractivity contribution in [2.24, 2.45) is 5.92 Å². The fourth-order valence-corrected chi connectivity index (χ4v) is 4.14. The third-order valence-electron chi connectivity index (χ3n) is 4.21. The van der Waals surface area contributed by atoms with Crippen LogP contribution in [0.1, 0.15) is 66.7 Å². The second-order valence-corrected chi connectivity index (χ2v) is 6.83. The standard InChI is InChI=1S/C15H20N2O2S/c18-12-8-4-7-11-14(12)20-15(16-11)17-13(19)9-10-5-2-1-3-6-10/h10H,1-9H2,(H,16,17,19). The van der Waals surface area contributed by atoms with Crippen molar-refractivity contribution in [1.29, 1.82) is 0 Å². The molecule has 1 aromatic rings. The highest BCUT2D eigenvalue weighted by Gasteiger charge is 2.23. The van der Waals surface area contributed by atoms with Crippen molar-refractivity contribution in [3.63, 3.8) is 0 Å². The molecule has 0 unspecified atom stereocenters. The lowest BCUT2D eigenvalue weighted by atomic mass is 9.87. The van der Waals surface area contributed by atoms with E-state index in [-0.39, 0.29) is 11.7 Å². The average molecular weight is 292 g/mol. The molecule has 0 aliphatic heterocycles. The minimum Gasteiger partial charge on any atom is -0.302 e. The normalized spacial score (nSPS) is 19.7. The zero-order valence-corrected chi connectivity index (χ0v) is 12.4. The van der Waals surface area contributed by atoms with Gasteiger partial charge in [-0.1, -0.05) is 30.6 Å². The maximum Gasteiger partial charge on any atom is 0.226 e. The molecule has 5 heteroatoms. The molecule has 20 heavy (non-hydrogen) atoms. The fourth-order valence-electron chi connectivity index (χ4n) is 3.15. The first kappa shape index (κ1) is 13.7. The Balaban J connectivity index is 1.60. The molecule has 3 rings (SSSR count). The molecule has 1 amide bonds. The molecule has 1 N–H and O–H groups in total. The number of carbonyl (C=O) groups is 2.